The van der Waals surface area contributed by atoms with Gasteiger partial charge in [-0.15, -0.1) is 0 Å². The number of esters is 3. The number of hydrogen-bond donors (Lipinski definition) is 3. The van der Waals surface area contributed by atoms with Gasteiger partial charge in [-0.2, -0.15) is 0 Å². The first-order valence-electron chi connectivity index (χ1n) is 30.3. The largest absolute Gasteiger partial charge is 0.455 e. The Kier molecular flexibility index (Phi) is 18.8. The first-order valence-corrected chi connectivity index (χ1v) is 32.2. The van der Waals surface area contributed by atoms with Crippen LogP contribution in [-0.2, 0) is 42.5 Å². The quantitative estimate of drug-likeness (QED) is 0.0231. The average molecular weight is 1190 g/mol. The Balaban J connectivity index is 0.862. The standard InChI is InChI=1S/C69H83N3O13Si/c1-46-53-41-56(73)68(7)57(74)42-54-52(45-81-54)59(68)62(85-64(77)49-27-17-10-18-28-49)69(79,67(53,5)6)43-55(46)83-65(78)61(60(47-23-13-8-14-24-47)70-63(76)48-25-15-9-16-26-48)84-58(75)44-72-35-33-71(34-36-72)37-38-80-39-40-82-86(66(2,3)4,50-29-19-11-20-30-50)51-31-21-12-22-32-51/h8-32,52,54-55,57,59-62,74,79H,33-45H2,1-7H3,(H,70,76)/t52?,54-,55+,57+,59+,60+,61-,62+,68-,69-/m1/s1. The Morgan fingerprint density at radius 1 is 0.744 bits per heavy atom. The molecule has 86 heavy (non-hydrogen) atoms. The summed E-state index contributed by atoms with van der Waals surface area (Å²) in [5.41, 5.74) is -2.83. The number of aliphatic hydroxyl groups is 2. The van der Waals surface area contributed by atoms with Gasteiger partial charge in [-0.05, 0) is 64.7 Å². The van der Waals surface area contributed by atoms with Crippen molar-refractivity contribution in [2.75, 3.05) is 65.7 Å². The van der Waals surface area contributed by atoms with Crippen LogP contribution in [0.1, 0.15) is 100 Å². The van der Waals surface area contributed by atoms with E-state index in [4.69, 9.17) is 28.1 Å². The minimum Gasteiger partial charge on any atom is -0.455 e. The van der Waals surface area contributed by atoms with Crippen molar-refractivity contribution in [3.05, 3.63) is 179 Å². The number of nitrogens with zero attached hydrogens (tertiary/aromatic N) is 2. The fourth-order valence-corrected chi connectivity index (χ4v) is 18.8. The monoisotopic (exact) mass is 1190 g/mol. The molecule has 0 radical (unpaired) electrons. The Morgan fingerprint density at radius 2 is 1.30 bits per heavy atom. The smallest absolute Gasteiger partial charge is 0.350 e. The molecular weight excluding hydrogens is 1110 g/mol. The van der Waals surface area contributed by atoms with Crippen molar-refractivity contribution in [1.29, 1.82) is 0 Å². The van der Waals surface area contributed by atoms with Gasteiger partial charge >= 0.3 is 17.9 Å². The van der Waals surface area contributed by atoms with Gasteiger partial charge < -0.3 is 43.6 Å². The third-order valence-corrected chi connectivity index (χ3v) is 24.5. The molecule has 3 N–H and O–H groups in total. The number of Topliss-reactive ketones (excluding diaryl/α,β-unsaturated/α-hetero) is 1. The van der Waals surface area contributed by atoms with Crippen molar-refractivity contribution in [2.24, 2.45) is 22.7 Å². The number of aliphatic hydroxyl groups excluding tert-OH is 1. The summed E-state index contributed by atoms with van der Waals surface area (Å²) in [6.45, 7) is 18.2. The molecule has 5 aliphatic rings. The van der Waals surface area contributed by atoms with Crippen LogP contribution in [0.3, 0.4) is 0 Å². The summed E-state index contributed by atoms with van der Waals surface area (Å²) in [4.78, 5) is 77.7. The Hall–Kier alpha value is -6.67. The van der Waals surface area contributed by atoms with E-state index < -0.39 is 91.0 Å². The van der Waals surface area contributed by atoms with E-state index in [1.54, 1.807) is 119 Å². The molecule has 2 saturated carbocycles. The van der Waals surface area contributed by atoms with E-state index in [0.717, 1.165) is 0 Å². The highest BCUT2D eigenvalue weighted by molar-refractivity contribution is 6.99. The zero-order valence-corrected chi connectivity index (χ0v) is 51.5. The van der Waals surface area contributed by atoms with Crippen LogP contribution in [0.25, 0.3) is 0 Å². The predicted molar refractivity (Wildman–Crippen MR) is 327 cm³/mol. The SMILES string of the molecule is CC1=C2CC(=O)[C@]3(C)[C@@H](O)C[C@H]4OCC4[C@H]3[C@H](OC(=O)c3ccccc3)[C@](O)(C[C@@H]1OC(=O)[C@H](OC(=O)CN1CCN(CCOCCO[Si](c3ccccc3)(c3ccccc3)C(C)(C)C)CC1)[C@@H](NC(=O)c1ccccc1)c1ccccc1)C2(C)C. The molecule has 17 heteroatoms. The fourth-order valence-electron chi connectivity index (χ4n) is 14.3. The van der Waals surface area contributed by atoms with Gasteiger partial charge in [0.15, 0.2) is 0 Å². The molecule has 456 valence electrons. The molecule has 1 amide bonds. The second-order valence-electron chi connectivity index (χ2n) is 25.6. The van der Waals surface area contributed by atoms with Crippen molar-refractivity contribution in [3.63, 3.8) is 0 Å². The maximum atomic E-state index is 15.4. The van der Waals surface area contributed by atoms with Crippen LogP contribution in [0.15, 0.2) is 163 Å². The van der Waals surface area contributed by atoms with Gasteiger partial charge in [-0.3, -0.25) is 24.2 Å². The molecule has 0 spiro atoms. The minimum atomic E-state index is -2.70. The summed E-state index contributed by atoms with van der Waals surface area (Å²) in [7, 11) is -2.70. The van der Waals surface area contributed by atoms with Gasteiger partial charge in [0.2, 0.25) is 6.10 Å². The van der Waals surface area contributed by atoms with Crippen molar-refractivity contribution in [1.82, 2.24) is 15.1 Å². The van der Waals surface area contributed by atoms with Crippen LogP contribution in [0.5, 0.6) is 0 Å². The first kappa shape index (κ1) is 62.4. The molecule has 0 aromatic heterocycles. The second kappa shape index (κ2) is 26.0. The molecule has 1 unspecified atom stereocenters. The van der Waals surface area contributed by atoms with Crippen molar-refractivity contribution in [3.8, 4) is 0 Å². The summed E-state index contributed by atoms with van der Waals surface area (Å²) in [5, 5.41) is 31.0. The molecule has 5 aromatic carbocycles. The first-order chi connectivity index (χ1) is 41.2. The Bertz CT molecular complexity index is 3170. The average Bonchev–Trinajstić information content (AvgIpc) is 0.698. The summed E-state index contributed by atoms with van der Waals surface area (Å²) in [6.07, 6.45) is -6.37. The number of nitrogens with one attached hydrogen (secondary N) is 1. The number of rotatable bonds is 20. The van der Waals surface area contributed by atoms with E-state index in [9.17, 15) is 24.6 Å². The Labute approximate surface area is 506 Å². The molecule has 3 aliphatic carbocycles. The van der Waals surface area contributed by atoms with Crippen LogP contribution < -0.4 is 15.7 Å². The lowest BCUT2D eigenvalue weighted by atomic mass is 9.46. The van der Waals surface area contributed by atoms with E-state index >= 15 is 9.59 Å². The van der Waals surface area contributed by atoms with E-state index in [-0.39, 0.29) is 54.7 Å². The molecular formula is C69H83N3O13Si. The van der Waals surface area contributed by atoms with Gasteiger partial charge in [-0.1, -0.05) is 168 Å². The van der Waals surface area contributed by atoms with Gasteiger partial charge in [0.05, 0.1) is 56.2 Å². The third-order valence-electron chi connectivity index (χ3n) is 19.4. The molecule has 5 aromatic rings. The van der Waals surface area contributed by atoms with E-state index in [2.05, 4.69) is 79.5 Å². The van der Waals surface area contributed by atoms with Crippen LogP contribution >= 0.6 is 0 Å². The minimum absolute atomic E-state index is 0.153. The molecule has 2 aliphatic heterocycles. The summed E-state index contributed by atoms with van der Waals surface area (Å²) in [5.74, 6) is -4.59. The number of ether oxygens (including phenoxy) is 5. The highest BCUT2D eigenvalue weighted by Crippen LogP contribution is 2.62. The zero-order chi connectivity index (χ0) is 61.0. The number of amides is 1. The summed E-state index contributed by atoms with van der Waals surface area (Å²) < 4.78 is 38.6. The highest BCUT2D eigenvalue weighted by atomic mass is 28.4. The molecule has 16 nitrogen and oxygen atoms in total. The number of ketones is 1. The number of carbonyl (C=O) groups excluding carboxylic acids is 5. The maximum Gasteiger partial charge on any atom is 0.350 e. The van der Waals surface area contributed by atoms with Crippen LogP contribution in [0.2, 0.25) is 5.04 Å². The third kappa shape index (κ3) is 12.3. The second-order valence-corrected chi connectivity index (χ2v) is 29.9. The summed E-state index contributed by atoms with van der Waals surface area (Å²) in [6, 6.07) is 45.4. The molecule has 10 atom stereocenters. The van der Waals surface area contributed by atoms with Crippen molar-refractivity contribution >= 4 is 48.3 Å². The van der Waals surface area contributed by atoms with E-state index in [1.807, 2.05) is 17.0 Å². The number of carbonyl (C=O) groups is 5. The molecule has 4 fully saturated rings. The van der Waals surface area contributed by atoms with Crippen LogP contribution in [-0.4, -0.2) is 160 Å². The van der Waals surface area contributed by atoms with Crippen molar-refractivity contribution < 1.29 is 62.3 Å². The maximum absolute atomic E-state index is 15.4. The number of fused-ring (bicyclic) bond motifs is 5. The van der Waals surface area contributed by atoms with Gasteiger partial charge in [0, 0.05) is 74.8 Å². The fraction of sp³-hybridized carbons (Fsp3) is 0.464. The normalized spacial score (nSPS) is 26.5. The topological polar surface area (TPSA) is 200 Å². The number of benzene rings is 5. The van der Waals surface area contributed by atoms with Crippen LogP contribution in [0.4, 0.5) is 0 Å². The van der Waals surface area contributed by atoms with Crippen molar-refractivity contribution in [2.45, 2.75) is 115 Å². The highest BCUT2D eigenvalue weighted by Gasteiger charge is 2.70. The predicted octanol–water partition coefficient (Wildman–Crippen LogP) is 7.27. The molecule has 2 saturated heterocycles. The molecule has 2 heterocycles. The van der Waals surface area contributed by atoms with E-state index in [0.29, 0.717) is 74.8 Å². The van der Waals surface area contributed by atoms with Crippen LogP contribution in [0, 0.1) is 22.7 Å². The van der Waals surface area contributed by atoms with Gasteiger partial charge in [-0.25, -0.2) is 9.59 Å². The van der Waals surface area contributed by atoms with Gasteiger partial charge in [0.1, 0.15) is 29.6 Å². The number of piperazine rings is 1. The lowest BCUT2D eigenvalue weighted by molar-refractivity contribution is -0.274. The van der Waals surface area contributed by atoms with Gasteiger partial charge in [0.25, 0.3) is 14.2 Å². The molecule has 2 bridgehead atoms. The Morgan fingerprint density at radius 3 is 1.87 bits per heavy atom. The molecule has 10 rings (SSSR count). The summed E-state index contributed by atoms with van der Waals surface area (Å²) >= 11 is 0. The van der Waals surface area contributed by atoms with E-state index in [1.165, 1.54) is 10.4 Å². The lowest BCUT2D eigenvalue weighted by Gasteiger charge is -2.63. The zero-order valence-electron chi connectivity index (χ0n) is 50.5. The lowest BCUT2D eigenvalue weighted by Crippen LogP contribution is -2.73. The number of hydrogen-bond acceptors (Lipinski definition) is 15.